The van der Waals surface area contributed by atoms with E-state index in [4.69, 9.17) is 0 Å². The fourth-order valence-corrected chi connectivity index (χ4v) is 1.57. The quantitative estimate of drug-likeness (QED) is 0.794. The molecular formula is C15H21FN2O3. The zero-order chi connectivity index (χ0) is 16.2. The Morgan fingerprint density at radius 1 is 1.33 bits per heavy atom. The number of hydrogen-bond acceptors (Lipinski definition) is 3. The molecule has 0 aliphatic rings. The molecule has 0 aromatic heterocycles. The van der Waals surface area contributed by atoms with E-state index in [-0.39, 0.29) is 23.4 Å². The second kappa shape index (κ2) is 6.67. The zero-order valence-corrected chi connectivity index (χ0v) is 12.7. The second-order valence-electron chi connectivity index (χ2n) is 5.97. The molecule has 0 bridgehead atoms. The highest BCUT2D eigenvalue weighted by atomic mass is 19.1. The third kappa shape index (κ3) is 5.15. The average Bonchev–Trinajstić information content (AvgIpc) is 2.36. The number of amides is 2. The first kappa shape index (κ1) is 17.1. The molecule has 0 radical (unpaired) electrons. The van der Waals surface area contributed by atoms with Gasteiger partial charge < -0.3 is 15.7 Å². The summed E-state index contributed by atoms with van der Waals surface area (Å²) < 4.78 is 13.7. The van der Waals surface area contributed by atoms with Crippen LogP contribution in [0.25, 0.3) is 0 Å². The number of carbonyl (C=O) groups excluding carboxylic acids is 2. The number of halogens is 1. The van der Waals surface area contributed by atoms with Crippen LogP contribution in [-0.4, -0.2) is 29.6 Å². The SMILES string of the molecule is CC(=O)Nc1ccc(F)c(C(=O)NCC(O)C(C)(C)C)c1. The number of benzene rings is 1. The van der Waals surface area contributed by atoms with E-state index in [2.05, 4.69) is 10.6 Å². The van der Waals surface area contributed by atoms with Crippen LogP contribution in [0.15, 0.2) is 18.2 Å². The van der Waals surface area contributed by atoms with Crippen molar-refractivity contribution in [2.24, 2.45) is 5.41 Å². The van der Waals surface area contributed by atoms with Gasteiger partial charge in [-0.25, -0.2) is 4.39 Å². The Kier molecular flexibility index (Phi) is 5.43. The summed E-state index contributed by atoms with van der Waals surface area (Å²) >= 11 is 0. The maximum atomic E-state index is 13.7. The topological polar surface area (TPSA) is 78.4 Å². The van der Waals surface area contributed by atoms with Gasteiger partial charge in [-0.05, 0) is 23.6 Å². The Bertz CT molecular complexity index is 538. The highest BCUT2D eigenvalue weighted by molar-refractivity contribution is 5.97. The van der Waals surface area contributed by atoms with Gasteiger partial charge in [-0.2, -0.15) is 0 Å². The van der Waals surface area contributed by atoms with Gasteiger partial charge in [0.2, 0.25) is 5.91 Å². The Morgan fingerprint density at radius 2 is 1.95 bits per heavy atom. The molecule has 1 unspecified atom stereocenters. The van der Waals surface area contributed by atoms with Crippen LogP contribution >= 0.6 is 0 Å². The first-order valence-electron chi connectivity index (χ1n) is 6.64. The molecule has 1 aromatic rings. The number of anilines is 1. The molecule has 3 N–H and O–H groups in total. The van der Waals surface area contributed by atoms with E-state index in [9.17, 15) is 19.1 Å². The fourth-order valence-electron chi connectivity index (χ4n) is 1.57. The summed E-state index contributed by atoms with van der Waals surface area (Å²) in [4.78, 5) is 22.9. The number of hydrogen-bond donors (Lipinski definition) is 3. The van der Waals surface area contributed by atoms with Crippen LogP contribution < -0.4 is 10.6 Å². The number of nitrogens with one attached hydrogen (secondary N) is 2. The van der Waals surface area contributed by atoms with Gasteiger partial charge in [-0.15, -0.1) is 0 Å². The van der Waals surface area contributed by atoms with E-state index in [1.54, 1.807) is 0 Å². The van der Waals surface area contributed by atoms with Gasteiger partial charge in [0.25, 0.3) is 5.91 Å². The Hall–Kier alpha value is -1.95. The van der Waals surface area contributed by atoms with Crippen molar-refractivity contribution in [3.8, 4) is 0 Å². The second-order valence-corrected chi connectivity index (χ2v) is 5.97. The lowest BCUT2D eigenvalue weighted by molar-refractivity contribution is -0.114. The maximum Gasteiger partial charge on any atom is 0.254 e. The van der Waals surface area contributed by atoms with Gasteiger partial charge in [-0.1, -0.05) is 20.8 Å². The molecular weight excluding hydrogens is 275 g/mol. The largest absolute Gasteiger partial charge is 0.391 e. The van der Waals surface area contributed by atoms with Crippen LogP contribution in [0.4, 0.5) is 10.1 Å². The summed E-state index contributed by atoms with van der Waals surface area (Å²) in [6.45, 7) is 6.85. The van der Waals surface area contributed by atoms with Crippen LogP contribution in [0.1, 0.15) is 38.1 Å². The molecule has 21 heavy (non-hydrogen) atoms. The summed E-state index contributed by atoms with van der Waals surface area (Å²) in [5.74, 6) is -1.63. The normalized spacial score (nSPS) is 12.7. The van der Waals surface area contributed by atoms with E-state index in [1.807, 2.05) is 20.8 Å². The lowest BCUT2D eigenvalue weighted by Crippen LogP contribution is -2.39. The first-order chi connectivity index (χ1) is 9.61. The van der Waals surface area contributed by atoms with Gasteiger partial charge in [0, 0.05) is 19.2 Å². The summed E-state index contributed by atoms with van der Waals surface area (Å²) in [7, 11) is 0. The van der Waals surface area contributed by atoms with Crippen LogP contribution in [0, 0.1) is 11.2 Å². The van der Waals surface area contributed by atoms with Crippen LogP contribution in [0.2, 0.25) is 0 Å². The molecule has 0 saturated carbocycles. The number of rotatable bonds is 4. The van der Waals surface area contributed by atoms with E-state index in [1.165, 1.54) is 19.1 Å². The van der Waals surface area contributed by atoms with Crippen molar-refractivity contribution in [3.05, 3.63) is 29.6 Å². The zero-order valence-electron chi connectivity index (χ0n) is 12.7. The first-order valence-corrected chi connectivity index (χ1v) is 6.64. The molecule has 0 heterocycles. The molecule has 0 fully saturated rings. The smallest absolute Gasteiger partial charge is 0.254 e. The minimum Gasteiger partial charge on any atom is -0.391 e. The van der Waals surface area contributed by atoms with Crippen molar-refractivity contribution in [2.45, 2.75) is 33.8 Å². The van der Waals surface area contributed by atoms with E-state index in [0.29, 0.717) is 5.69 Å². The minimum atomic E-state index is -0.747. The van der Waals surface area contributed by atoms with Crippen molar-refractivity contribution in [3.63, 3.8) is 0 Å². The number of aliphatic hydroxyl groups is 1. The Balaban J connectivity index is 2.80. The predicted octanol–water partition coefficient (Wildman–Crippen LogP) is 1.92. The van der Waals surface area contributed by atoms with Gasteiger partial charge in [-0.3, -0.25) is 9.59 Å². The van der Waals surface area contributed by atoms with Gasteiger partial charge in [0.15, 0.2) is 0 Å². The maximum absolute atomic E-state index is 13.7. The molecule has 116 valence electrons. The minimum absolute atomic E-state index is 0.0200. The standard InChI is InChI=1S/C15H21FN2O3/c1-9(19)18-10-5-6-12(16)11(7-10)14(21)17-8-13(20)15(2,3)4/h5-7,13,20H,8H2,1-4H3,(H,17,21)(H,18,19). The van der Waals surface area contributed by atoms with Crippen LogP contribution in [0.3, 0.4) is 0 Å². The molecule has 2 amide bonds. The third-order valence-corrected chi connectivity index (χ3v) is 2.99. The highest BCUT2D eigenvalue weighted by Gasteiger charge is 2.23. The lowest BCUT2D eigenvalue weighted by Gasteiger charge is -2.25. The Morgan fingerprint density at radius 3 is 2.48 bits per heavy atom. The van der Waals surface area contributed by atoms with E-state index >= 15 is 0 Å². The summed E-state index contributed by atoms with van der Waals surface area (Å²) in [6, 6.07) is 3.74. The van der Waals surface area contributed by atoms with Crippen molar-refractivity contribution >= 4 is 17.5 Å². The fraction of sp³-hybridized carbons (Fsp3) is 0.467. The van der Waals surface area contributed by atoms with Crippen molar-refractivity contribution in [1.29, 1.82) is 0 Å². The van der Waals surface area contributed by atoms with Crippen LogP contribution in [-0.2, 0) is 4.79 Å². The molecule has 6 heteroatoms. The van der Waals surface area contributed by atoms with Gasteiger partial charge in [0.05, 0.1) is 11.7 Å². The summed E-state index contributed by atoms with van der Waals surface area (Å²) in [5.41, 5.74) is -0.225. The molecule has 1 atom stereocenters. The highest BCUT2D eigenvalue weighted by Crippen LogP contribution is 2.19. The average molecular weight is 296 g/mol. The molecule has 5 nitrogen and oxygen atoms in total. The van der Waals surface area contributed by atoms with Gasteiger partial charge in [0.1, 0.15) is 5.82 Å². The molecule has 0 aliphatic heterocycles. The van der Waals surface area contributed by atoms with E-state index in [0.717, 1.165) is 6.07 Å². The molecule has 0 aliphatic carbocycles. The monoisotopic (exact) mass is 296 g/mol. The Labute approximate surface area is 123 Å². The molecule has 0 spiro atoms. The van der Waals surface area contributed by atoms with Crippen molar-refractivity contribution < 1.29 is 19.1 Å². The lowest BCUT2D eigenvalue weighted by atomic mass is 9.89. The van der Waals surface area contributed by atoms with Crippen LogP contribution in [0.5, 0.6) is 0 Å². The molecule has 0 saturated heterocycles. The van der Waals surface area contributed by atoms with Crippen molar-refractivity contribution in [2.75, 3.05) is 11.9 Å². The number of aliphatic hydroxyl groups excluding tert-OH is 1. The van der Waals surface area contributed by atoms with E-state index < -0.39 is 17.8 Å². The summed E-state index contributed by atoms with van der Waals surface area (Å²) in [5, 5.41) is 14.8. The molecule has 1 aromatic carbocycles. The third-order valence-electron chi connectivity index (χ3n) is 2.99. The van der Waals surface area contributed by atoms with Gasteiger partial charge >= 0.3 is 0 Å². The summed E-state index contributed by atoms with van der Waals surface area (Å²) in [6.07, 6.45) is -0.747. The van der Waals surface area contributed by atoms with Crippen molar-refractivity contribution in [1.82, 2.24) is 5.32 Å². The number of carbonyl (C=O) groups is 2. The predicted molar refractivity (Wildman–Crippen MR) is 78.5 cm³/mol. The molecule has 1 rings (SSSR count).